The number of anilines is 1. The van der Waals surface area contributed by atoms with Crippen LogP contribution in [-0.2, 0) is 9.59 Å². The zero-order valence-corrected chi connectivity index (χ0v) is 10.9. The first-order chi connectivity index (χ1) is 8.49. The predicted molar refractivity (Wildman–Crippen MR) is 70.3 cm³/mol. The SMILES string of the molecule is CC(C)c1ccc(N[C@H]2CC(=O)N(C)C2=O)cc1. The summed E-state index contributed by atoms with van der Waals surface area (Å²) in [6.45, 7) is 4.27. The molecule has 4 nitrogen and oxygen atoms in total. The predicted octanol–water partition coefficient (Wildman–Crippen LogP) is 1.98. The zero-order chi connectivity index (χ0) is 13.3. The van der Waals surface area contributed by atoms with Gasteiger partial charge >= 0.3 is 0 Å². The van der Waals surface area contributed by atoms with Crippen LogP contribution in [-0.4, -0.2) is 29.8 Å². The first-order valence-corrected chi connectivity index (χ1v) is 6.16. The van der Waals surface area contributed by atoms with E-state index in [0.717, 1.165) is 5.69 Å². The van der Waals surface area contributed by atoms with E-state index in [2.05, 4.69) is 19.2 Å². The van der Waals surface area contributed by atoms with Crippen LogP contribution in [0.4, 0.5) is 5.69 Å². The summed E-state index contributed by atoms with van der Waals surface area (Å²) < 4.78 is 0. The van der Waals surface area contributed by atoms with Gasteiger partial charge in [0.2, 0.25) is 5.91 Å². The van der Waals surface area contributed by atoms with Crippen molar-refractivity contribution in [1.29, 1.82) is 0 Å². The lowest BCUT2D eigenvalue weighted by Gasteiger charge is -2.13. The first-order valence-electron chi connectivity index (χ1n) is 6.16. The zero-order valence-electron chi connectivity index (χ0n) is 10.9. The average Bonchev–Trinajstić information content (AvgIpc) is 2.58. The van der Waals surface area contributed by atoms with E-state index in [1.54, 1.807) is 0 Å². The second-order valence-electron chi connectivity index (χ2n) is 4.97. The Balaban J connectivity index is 2.06. The Morgan fingerprint density at radius 1 is 1.22 bits per heavy atom. The Labute approximate surface area is 107 Å². The van der Waals surface area contributed by atoms with Crippen molar-refractivity contribution in [1.82, 2.24) is 4.90 Å². The number of nitrogens with zero attached hydrogens (tertiary/aromatic N) is 1. The maximum atomic E-state index is 11.7. The molecule has 1 aliphatic heterocycles. The Bertz CT molecular complexity index is 465. The topological polar surface area (TPSA) is 49.4 Å². The fraction of sp³-hybridized carbons (Fsp3) is 0.429. The Morgan fingerprint density at radius 2 is 1.83 bits per heavy atom. The van der Waals surface area contributed by atoms with Gasteiger partial charge in [-0.3, -0.25) is 14.5 Å². The summed E-state index contributed by atoms with van der Waals surface area (Å²) in [6.07, 6.45) is 0.237. The van der Waals surface area contributed by atoms with E-state index < -0.39 is 6.04 Å². The summed E-state index contributed by atoms with van der Waals surface area (Å²) in [4.78, 5) is 24.3. The van der Waals surface area contributed by atoms with Gasteiger partial charge in [-0.1, -0.05) is 26.0 Å². The lowest BCUT2D eigenvalue weighted by Crippen LogP contribution is -2.31. The molecule has 0 bridgehead atoms. The quantitative estimate of drug-likeness (QED) is 0.830. The summed E-state index contributed by atoms with van der Waals surface area (Å²) >= 11 is 0. The van der Waals surface area contributed by atoms with E-state index in [1.807, 2.05) is 24.3 Å². The van der Waals surface area contributed by atoms with Crippen molar-refractivity contribution in [3.05, 3.63) is 29.8 Å². The summed E-state index contributed by atoms with van der Waals surface area (Å²) in [6, 6.07) is 7.56. The molecule has 1 N–H and O–H groups in total. The Hall–Kier alpha value is -1.84. The van der Waals surface area contributed by atoms with Gasteiger partial charge in [-0.25, -0.2) is 0 Å². The van der Waals surface area contributed by atoms with Gasteiger partial charge in [0.05, 0.1) is 6.42 Å². The van der Waals surface area contributed by atoms with E-state index in [1.165, 1.54) is 17.5 Å². The summed E-state index contributed by atoms with van der Waals surface area (Å²) in [5.74, 6) is 0.198. The molecule has 0 spiro atoms. The van der Waals surface area contributed by atoms with Gasteiger partial charge in [0.15, 0.2) is 0 Å². The van der Waals surface area contributed by atoms with E-state index in [-0.39, 0.29) is 18.2 Å². The minimum absolute atomic E-state index is 0.128. The fourth-order valence-corrected chi connectivity index (χ4v) is 2.03. The van der Waals surface area contributed by atoms with Gasteiger partial charge in [0, 0.05) is 12.7 Å². The van der Waals surface area contributed by atoms with Crippen LogP contribution in [0.25, 0.3) is 0 Å². The molecule has 1 heterocycles. The molecule has 1 aliphatic rings. The van der Waals surface area contributed by atoms with Crippen LogP contribution in [0, 0.1) is 0 Å². The van der Waals surface area contributed by atoms with Crippen LogP contribution >= 0.6 is 0 Å². The van der Waals surface area contributed by atoms with Gasteiger partial charge in [-0.05, 0) is 23.6 Å². The molecule has 1 fully saturated rings. The molecule has 96 valence electrons. The molecule has 18 heavy (non-hydrogen) atoms. The molecule has 1 saturated heterocycles. The van der Waals surface area contributed by atoms with Crippen molar-refractivity contribution >= 4 is 17.5 Å². The molecule has 0 saturated carbocycles. The van der Waals surface area contributed by atoms with Crippen LogP contribution < -0.4 is 5.32 Å². The lowest BCUT2D eigenvalue weighted by molar-refractivity contribution is -0.136. The van der Waals surface area contributed by atoms with Gasteiger partial charge < -0.3 is 5.32 Å². The second-order valence-corrected chi connectivity index (χ2v) is 4.97. The number of imide groups is 1. The number of nitrogens with one attached hydrogen (secondary N) is 1. The van der Waals surface area contributed by atoms with Crippen molar-refractivity contribution in [2.75, 3.05) is 12.4 Å². The minimum atomic E-state index is -0.424. The molecule has 2 amide bonds. The van der Waals surface area contributed by atoms with Crippen LogP contribution in [0.2, 0.25) is 0 Å². The number of benzene rings is 1. The number of rotatable bonds is 3. The third-order valence-electron chi connectivity index (χ3n) is 3.30. The average molecular weight is 246 g/mol. The van der Waals surface area contributed by atoms with E-state index >= 15 is 0 Å². The Kier molecular flexibility index (Phi) is 3.36. The number of hydrogen-bond donors (Lipinski definition) is 1. The van der Waals surface area contributed by atoms with Crippen LogP contribution in [0.15, 0.2) is 24.3 Å². The fourth-order valence-electron chi connectivity index (χ4n) is 2.03. The maximum Gasteiger partial charge on any atom is 0.251 e. The number of carbonyl (C=O) groups excluding carboxylic acids is 2. The van der Waals surface area contributed by atoms with Crippen molar-refractivity contribution < 1.29 is 9.59 Å². The highest BCUT2D eigenvalue weighted by molar-refractivity contribution is 6.06. The molecule has 4 heteroatoms. The smallest absolute Gasteiger partial charge is 0.251 e. The van der Waals surface area contributed by atoms with Gasteiger partial charge in [-0.15, -0.1) is 0 Å². The molecule has 0 aliphatic carbocycles. The number of carbonyl (C=O) groups is 2. The van der Waals surface area contributed by atoms with Gasteiger partial charge in [0.25, 0.3) is 5.91 Å². The number of likely N-dealkylation sites (tertiary alicyclic amines) is 1. The normalized spacial score (nSPS) is 19.8. The van der Waals surface area contributed by atoms with Crippen LogP contribution in [0.3, 0.4) is 0 Å². The lowest BCUT2D eigenvalue weighted by atomic mass is 10.0. The molecule has 0 unspecified atom stereocenters. The molecule has 1 atom stereocenters. The molecular weight excluding hydrogens is 228 g/mol. The molecule has 1 aromatic rings. The van der Waals surface area contributed by atoms with Crippen molar-refractivity contribution in [3.8, 4) is 0 Å². The Morgan fingerprint density at radius 3 is 2.28 bits per heavy atom. The largest absolute Gasteiger partial charge is 0.373 e. The van der Waals surface area contributed by atoms with Crippen LogP contribution in [0.5, 0.6) is 0 Å². The van der Waals surface area contributed by atoms with Gasteiger partial charge in [-0.2, -0.15) is 0 Å². The molecule has 2 rings (SSSR count). The number of likely N-dealkylation sites (N-methyl/N-ethyl adjacent to an activating group) is 1. The summed E-state index contributed by atoms with van der Waals surface area (Å²) in [5.41, 5.74) is 2.13. The van der Waals surface area contributed by atoms with Gasteiger partial charge in [0.1, 0.15) is 6.04 Å². The van der Waals surface area contributed by atoms with E-state index in [9.17, 15) is 9.59 Å². The van der Waals surface area contributed by atoms with Crippen molar-refractivity contribution in [2.24, 2.45) is 0 Å². The highest BCUT2D eigenvalue weighted by Crippen LogP contribution is 2.20. The molecule has 0 radical (unpaired) electrons. The third kappa shape index (κ3) is 2.37. The van der Waals surface area contributed by atoms with Crippen LogP contribution in [0.1, 0.15) is 31.7 Å². The first kappa shape index (κ1) is 12.6. The van der Waals surface area contributed by atoms with Crippen molar-refractivity contribution in [3.63, 3.8) is 0 Å². The number of hydrogen-bond acceptors (Lipinski definition) is 3. The highest BCUT2D eigenvalue weighted by Gasteiger charge is 2.35. The van der Waals surface area contributed by atoms with Crippen molar-refractivity contribution in [2.45, 2.75) is 32.2 Å². The highest BCUT2D eigenvalue weighted by atomic mass is 16.2. The maximum absolute atomic E-state index is 11.7. The summed E-state index contributed by atoms with van der Waals surface area (Å²) in [7, 11) is 1.52. The molecule has 0 aromatic heterocycles. The standard InChI is InChI=1S/C14H18N2O2/c1-9(2)10-4-6-11(7-5-10)15-12-8-13(17)16(3)14(12)18/h4-7,9,12,15H,8H2,1-3H3/t12-/m0/s1. The third-order valence-corrected chi connectivity index (χ3v) is 3.30. The molecular formula is C14H18N2O2. The second kappa shape index (κ2) is 4.80. The van der Waals surface area contributed by atoms with E-state index in [0.29, 0.717) is 5.92 Å². The number of amides is 2. The summed E-state index contributed by atoms with van der Waals surface area (Å²) in [5, 5.41) is 3.11. The van der Waals surface area contributed by atoms with E-state index in [4.69, 9.17) is 0 Å². The molecule has 1 aromatic carbocycles. The monoisotopic (exact) mass is 246 g/mol. The minimum Gasteiger partial charge on any atom is -0.373 e.